The largest absolute Gasteiger partial charge is 0.288 e. The number of rotatable bonds is 4. The Morgan fingerprint density at radius 3 is 2.77 bits per heavy atom. The smallest absolute Gasteiger partial charge is 0.278 e. The zero-order chi connectivity index (χ0) is 21.5. The molecule has 1 amide bonds. The average Bonchev–Trinajstić information content (AvgIpc) is 3.47. The minimum Gasteiger partial charge on any atom is -0.288 e. The summed E-state index contributed by atoms with van der Waals surface area (Å²) in [6, 6.07) is 10.7. The lowest BCUT2D eigenvalue weighted by molar-refractivity contribution is 0.102. The van der Waals surface area contributed by atoms with Gasteiger partial charge in [0.2, 0.25) is 5.95 Å². The van der Waals surface area contributed by atoms with E-state index in [0.29, 0.717) is 34.9 Å². The van der Waals surface area contributed by atoms with E-state index in [1.807, 2.05) is 6.07 Å². The van der Waals surface area contributed by atoms with Crippen molar-refractivity contribution in [2.24, 2.45) is 0 Å². The van der Waals surface area contributed by atoms with Crippen LogP contribution in [0.2, 0.25) is 5.02 Å². The third-order valence-corrected chi connectivity index (χ3v) is 5.46. The highest BCUT2D eigenvalue weighted by atomic mass is 35.5. The fraction of sp³-hybridized carbons (Fsp3) is 0.143. The number of anilines is 1. The molecule has 1 aliphatic rings. The van der Waals surface area contributed by atoms with Crippen molar-refractivity contribution < 1.29 is 13.6 Å². The fourth-order valence-electron chi connectivity index (χ4n) is 3.70. The minimum absolute atomic E-state index is 0.0778. The van der Waals surface area contributed by atoms with Crippen LogP contribution in [0, 0.1) is 11.6 Å². The number of hydrogen-bond acceptors (Lipinski definition) is 4. The van der Waals surface area contributed by atoms with Crippen molar-refractivity contribution in [3.05, 3.63) is 76.1 Å². The summed E-state index contributed by atoms with van der Waals surface area (Å²) in [6.07, 6.45) is 2.20. The summed E-state index contributed by atoms with van der Waals surface area (Å²) in [5.74, 6) is -1.90. The lowest BCUT2D eigenvalue weighted by Gasteiger charge is -2.05. The van der Waals surface area contributed by atoms with Crippen molar-refractivity contribution >= 4 is 23.5 Å². The molecule has 1 aliphatic carbocycles. The number of nitrogens with zero attached hydrogens (tertiary/aromatic N) is 4. The van der Waals surface area contributed by atoms with Gasteiger partial charge in [-0.1, -0.05) is 23.7 Å². The molecule has 2 heterocycles. The molecule has 10 heteroatoms. The molecule has 5 rings (SSSR count). The first kappa shape index (κ1) is 19.4. The summed E-state index contributed by atoms with van der Waals surface area (Å²) in [5, 5.41) is 14.3. The molecule has 2 aromatic carbocycles. The standard InChI is InChI=1S/C21H15ClF2N6O/c22-14-6-2-1-4-12(14)19-25-21(28-27-19)26-20(31)18-13-5-3-7-17(13)30(29-18)11-8-9-15(23)16(24)10-11/h1-2,4,6,8-10H,3,5,7H2,(H2,25,26,27,28,31). The Kier molecular flexibility index (Phi) is 4.74. The Morgan fingerprint density at radius 1 is 1.13 bits per heavy atom. The van der Waals surface area contributed by atoms with E-state index in [0.717, 1.165) is 29.8 Å². The first-order chi connectivity index (χ1) is 15.0. The maximum absolute atomic E-state index is 13.7. The number of hydrogen-bond donors (Lipinski definition) is 2. The van der Waals surface area contributed by atoms with Gasteiger partial charge in [-0.15, -0.1) is 5.10 Å². The highest BCUT2D eigenvalue weighted by molar-refractivity contribution is 6.33. The molecule has 7 nitrogen and oxygen atoms in total. The summed E-state index contributed by atoms with van der Waals surface area (Å²) < 4.78 is 28.5. The molecule has 0 saturated carbocycles. The summed E-state index contributed by atoms with van der Waals surface area (Å²) >= 11 is 6.18. The van der Waals surface area contributed by atoms with Crippen LogP contribution in [0.1, 0.15) is 28.2 Å². The number of aromatic nitrogens is 5. The van der Waals surface area contributed by atoms with Gasteiger partial charge in [0.1, 0.15) is 0 Å². The van der Waals surface area contributed by atoms with Gasteiger partial charge in [0.25, 0.3) is 5.91 Å². The Morgan fingerprint density at radius 2 is 1.97 bits per heavy atom. The Hall–Kier alpha value is -3.59. The summed E-state index contributed by atoms with van der Waals surface area (Å²) in [5.41, 5.74) is 2.81. The highest BCUT2D eigenvalue weighted by Crippen LogP contribution is 2.29. The molecule has 156 valence electrons. The van der Waals surface area contributed by atoms with E-state index in [9.17, 15) is 13.6 Å². The van der Waals surface area contributed by atoms with Crippen molar-refractivity contribution in [3.63, 3.8) is 0 Å². The van der Waals surface area contributed by atoms with Gasteiger partial charge in [0.05, 0.1) is 10.7 Å². The molecular weight excluding hydrogens is 426 g/mol. The number of nitrogens with one attached hydrogen (secondary N) is 2. The normalized spacial score (nSPS) is 12.7. The molecule has 31 heavy (non-hydrogen) atoms. The molecular formula is C21H15ClF2N6O. The summed E-state index contributed by atoms with van der Waals surface area (Å²) in [7, 11) is 0. The molecule has 0 unspecified atom stereocenters. The van der Waals surface area contributed by atoms with Gasteiger partial charge >= 0.3 is 0 Å². The number of aromatic amines is 1. The number of benzene rings is 2. The second-order valence-electron chi connectivity index (χ2n) is 7.08. The van der Waals surface area contributed by atoms with Crippen molar-refractivity contribution in [1.82, 2.24) is 25.0 Å². The van der Waals surface area contributed by atoms with Gasteiger partial charge in [-0.3, -0.25) is 15.2 Å². The monoisotopic (exact) mass is 440 g/mol. The zero-order valence-electron chi connectivity index (χ0n) is 16.0. The lowest BCUT2D eigenvalue weighted by atomic mass is 10.2. The van der Waals surface area contributed by atoms with Crippen LogP contribution < -0.4 is 5.32 Å². The Labute approximate surface area is 180 Å². The molecule has 0 bridgehead atoms. The molecule has 2 aromatic heterocycles. The van der Waals surface area contributed by atoms with Crippen molar-refractivity contribution in [2.75, 3.05) is 5.32 Å². The minimum atomic E-state index is -0.974. The van der Waals surface area contributed by atoms with Crippen LogP contribution in [0.25, 0.3) is 17.1 Å². The number of H-pyrrole nitrogens is 1. The van der Waals surface area contributed by atoms with Crippen molar-refractivity contribution in [3.8, 4) is 17.1 Å². The second kappa shape index (κ2) is 7.59. The molecule has 0 atom stereocenters. The van der Waals surface area contributed by atoms with E-state index in [-0.39, 0.29) is 11.6 Å². The van der Waals surface area contributed by atoms with Gasteiger partial charge in [-0.05, 0) is 43.5 Å². The van der Waals surface area contributed by atoms with Gasteiger partial charge < -0.3 is 0 Å². The highest BCUT2D eigenvalue weighted by Gasteiger charge is 2.28. The zero-order valence-corrected chi connectivity index (χ0v) is 16.7. The topological polar surface area (TPSA) is 88.5 Å². The predicted octanol–water partition coefficient (Wildman–Crippen LogP) is 4.33. The molecule has 2 N–H and O–H groups in total. The van der Waals surface area contributed by atoms with Crippen LogP contribution in [0.4, 0.5) is 14.7 Å². The Bertz CT molecular complexity index is 1320. The van der Waals surface area contributed by atoms with Crippen LogP contribution in [0.3, 0.4) is 0 Å². The molecule has 4 aromatic rings. The predicted molar refractivity (Wildman–Crippen MR) is 110 cm³/mol. The quantitative estimate of drug-likeness (QED) is 0.494. The lowest BCUT2D eigenvalue weighted by Crippen LogP contribution is -2.16. The molecule has 0 radical (unpaired) electrons. The number of carbonyl (C=O) groups excluding carboxylic acids is 1. The molecule has 0 saturated heterocycles. The maximum atomic E-state index is 13.7. The van der Waals surface area contributed by atoms with Crippen LogP contribution in [0.5, 0.6) is 0 Å². The van der Waals surface area contributed by atoms with E-state index in [4.69, 9.17) is 11.6 Å². The van der Waals surface area contributed by atoms with Crippen molar-refractivity contribution in [1.29, 1.82) is 0 Å². The average molecular weight is 441 g/mol. The second-order valence-corrected chi connectivity index (χ2v) is 7.49. The van der Waals surface area contributed by atoms with Gasteiger partial charge in [-0.25, -0.2) is 13.5 Å². The summed E-state index contributed by atoms with van der Waals surface area (Å²) in [4.78, 5) is 17.2. The van der Waals surface area contributed by atoms with Crippen LogP contribution in [-0.4, -0.2) is 30.9 Å². The van der Waals surface area contributed by atoms with E-state index in [1.165, 1.54) is 10.7 Å². The fourth-order valence-corrected chi connectivity index (χ4v) is 3.93. The number of carbonyl (C=O) groups is 1. The SMILES string of the molecule is O=C(Nc1n[nH]c(-c2ccccc2Cl)n1)c1nn(-c2ccc(F)c(F)c2)c2c1CCC2. The van der Waals surface area contributed by atoms with Crippen LogP contribution in [0.15, 0.2) is 42.5 Å². The number of amides is 1. The van der Waals surface area contributed by atoms with Gasteiger partial charge in [0, 0.05) is 22.9 Å². The van der Waals surface area contributed by atoms with E-state index in [1.54, 1.807) is 18.2 Å². The maximum Gasteiger partial charge on any atom is 0.278 e. The molecule has 0 spiro atoms. The third kappa shape index (κ3) is 3.46. The van der Waals surface area contributed by atoms with Crippen LogP contribution >= 0.6 is 11.6 Å². The Balaban J connectivity index is 1.44. The molecule has 0 fully saturated rings. The van der Waals surface area contributed by atoms with Crippen LogP contribution in [-0.2, 0) is 12.8 Å². The number of fused-ring (bicyclic) bond motifs is 1. The van der Waals surface area contributed by atoms with E-state index >= 15 is 0 Å². The van der Waals surface area contributed by atoms with E-state index in [2.05, 4.69) is 25.6 Å². The van der Waals surface area contributed by atoms with E-state index < -0.39 is 17.5 Å². The first-order valence-corrected chi connectivity index (χ1v) is 9.94. The van der Waals surface area contributed by atoms with Crippen molar-refractivity contribution in [2.45, 2.75) is 19.3 Å². The number of halogens is 3. The van der Waals surface area contributed by atoms with Gasteiger partial charge in [-0.2, -0.15) is 10.1 Å². The first-order valence-electron chi connectivity index (χ1n) is 9.56. The third-order valence-electron chi connectivity index (χ3n) is 5.13. The summed E-state index contributed by atoms with van der Waals surface area (Å²) in [6.45, 7) is 0. The molecule has 0 aliphatic heterocycles. The van der Waals surface area contributed by atoms with Gasteiger partial charge in [0.15, 0.2) is 23.2 Å².